The fourth-order valence-electron chi connectivity index (χ4n) is 2.32. The van der Waals surface area contributed by atoms with Crippen LogP contribution < -0.4 is 5.14 Å². The van der Waals surface area contributed by atoms with Crippen molar-refractivity contribution in [3.8, 4) is 0 Å². The summed E-state index contributed by atoms with van der Waals surface area (Å²) in [6, 6.07) is 4.14. The fourth-order valence-corrected chi connectivity index (χ4v) is 3.06. The summed E-state index contributed by atoms with van der Waals surface area (Å²) in [5.41, 5.74) is 0.694. The lowest BCUT2D eigenvalue weighted by molar-refractivity contribution is 0.516. The van der Waals surface area contributed by atoms with Crippen LogP contribution in [-0.2, 0) is 16.6 Å². The Labute approximate surface area is 118 Å². The van der Waals surface area contributed by atoms with E-state index in [2.05, 4.69) is 13.8 Å². The number of primary sulfonamides is 1. The Morgan fingerprint density at radius 1 is 1.35 bits per heavy atom. The Balaban J connectivity index is 2.45. The van der Waals surface area contributed by atoms with Crippen molar-refractivity contribution in [3.05, 3.63) is 30.2 Å². The van der Waals surface area contributed by atoms with Gasteiger partial charge in [0.1, 0.15) is 10.7 Å². The summed E-state index contributed by atoms with van der Waals surface area (Å²) >= 11 is 0. The minimum absolute atomic E-state index is 0.0171. The van der Waals surface area contributed by atoms with Gasteiger partial charge in [-0.1, -0.05) is 13.8 Å². The van der Waals surface area contributed by atoms with Crippen LogP contribution in [0.2, 0.25) is 0 Å². The molecule has 1 aromatic heterocycles. The molecule has 0 saturated heterocycles. The maximum absolute atomic E-state index is 13.3. The van der Waals surface area contributed by atoms with Crippen molar-refractivity contribution in [1.29, 1.82) is 0 Å². The van der Waals surface area contributed by atoms with Gasteiger partial charge >= 0.3 is 0 Å². The molecule has 6 heteroatoms. The van der Waals surface area contributed by atoms with E-state index in [0.29, 0.717) is 23.4 Å². The van der Waals surface area contributed by atoms with Gasteiger partial charge in [-0.3, -0.25) is 0 Å². The fraction of sp³-hybridized carbons (Fsp3) is 0.429. The SMILES string of the molecule is CC(C)CCCn1cc(S(N)(=O)=O)c2cc(F)ccc21. The second-order valence-electron chi connectivity index (χ2n) is 5.43. The van der Waals surface area contributed by atoms with E-state index >= 15 is 0 Å². The number of rotatable bonds is 5. The molecule has 20 heavy (non-hydrogen) atoms. The number of sulfonamides is 1. The highest BCUT2D eigenvalue weighted by Crippen LogP contribution is 2.26. The maximum atomic E-state index is 13.3. The normalized spacial score (nSPS) is 12.4. The first-order valence-corrected chi connectivity index (χ1v) is 8.15. The van der Waals surface area contributed by atoms with Crippen molar-refractivity contribution in [2.75, 3.05) is 0 Å². The van der Waals surface area contributed by atoms with Gasteiger partial charge in [0, 0.05) is 23.6 Å². The third-order valence-corrected chi connectivity index (χ3v) is 4.23. The molecule has 2 N–H and O–H groups in total. The van der Waals surface area contributed by atoms with E-state index in [1.807, 2.05) is 4.57 Å². The smallest absolute Gasteiger partial charge is 0.240 e. The zero-order valence-corrected chi connectivity index (χ0v) is 12.5. The van der Waals surface area contributed by atoms with E-state index in [1.54, 1.807) is 6.07 Å². The number of aromatic nitrogens is 1. The first-order chi connectivity index (χ1) is 9.29. The highest BCUT2D eigenvalue weighted by Gasteiger charge is 2.17. The predicted octanol–water partition coefficient (Wildman–Crippen LogP) is 2.86. The van der Waals surface area contributed by atoms with Crippen LogP contribution in [0, 0.1) is 11.7 Å². The first-order valence-electron chi connectivity index (χ1n) is 6.60. The van der Waals surface area contributed by atoms with E-state index < -0.39 is 15.8 Å². The largest absolute Gasteiger partial charge is 0.346 e. The van der Waals surface area contributed by atoms with E-state index in [0.717, 1.165) is 12.8 Å². The molecule has 0 amide bonds. The number of fused-ring (bicyclic) bond motifs is 1. The standard InChI is InChI=1S/C14H19FN2O2S/c1-10(2)4-3-7-17-9-14(20(16,18)19)12-8-11(15)5-6-13(12)17/h5-6,8-10H,3-4,7H2,1-2H3,(H2,16,18,19). The zero-order valence-electron chi connectivity index (χ0n) is 11.6. The molecule has 1 aromatic carbocycles. The quantitative estimate of drug-likeness (QED) is 0.922. The highest BCUT2D eigenvalue weighted by molar-refractivity contribution is 7.89. The average Bonchev–Trinajstić information content (AvgIpc) is 2.66. The number of aryl methyl sites for hydroxylation is 1. The summed E-state index contributed by atoms with van der Waals surface area (Å²) in [6.45, 7) is 4.97. The van der Waals surface area contributed by atoms with Gasteiger partial charge in [-0.2, -0.15) is 0 Å². The third kappa shape index (κ3) is 3.19. The maximum Gasteiger partial charge on any atom is 0.240 e. The monoisotopic (exact) mass is 298 g/mol. The molecular formula is C14H19FN2O2S. The summed E-state index contributed by atoms with van der Waals surface area (Å²) in [4.78, 5) is -0.0171. The Morgan fingerprint density at radius 3 is 2.65 bits per heavy atom. The molecule has 4 nitrogen and oxygen atoms in total. The summed E-state index contributed by atoms with van der Waals surface area (Å²) < 4.78 is 38.3. The second kappa shape index (κ2) is 5.54. The minimum Gasteiger partial charge on any atom is -0.346 e. The Morgan fingerprint density at radius 2 is 2.05 bits per heavy atom. The average molecular weight is 298 g/mol. The second-order valence-corrected chi connectivity index (χ2v) is 6.96. The first kappa shape index (κ1) is 15.0. The molecule has 0 aliphatic carbocycles. The van der Waals surface area contributed by atoms with Crippen molar-refractivity contribution >= 4 is 20.9 Å². The molecule has 0 unspecified atom stereocenters. The minimum atomic E-state index is -3.85. The van der Waals surface area contributed by atoms with E-state index in [4.69, 9.17) is 5.14 Å². The van der Waals surface area contributed by atoms with Crippen molar-refractivity contribution in [1.82, 2.24) is 4.57 Å². The Kier molecular flexibility index (Phi) is 4.15. The molecule has 0 atom stereocenters. The van der Waals surface area contributed by atoms with Crippen LogP contribution in [0.3, 0.4) is 0 Å². The summed E-state index contributed by atoms with van der Waals surface area (Å²) in [6.07, 6.45) is 3.48. The van der Waals surface area contributed by atoms with Gasteiger partial charge in [0.05, 0.1) is 0 Å². The Hall–Kier alpha value is -1.40. The summed E-state index contributed by atoms with van der Waals surface area (Å²) in [7, 11) is -3.85. The van der Waals surface area contributed by atoms with Crippen molar-refractivity contribution in [2.45, 2.75) is 38.1 Å². The highest BCUT2D eigenvalue weighted by atomic mass is 32.2. The van der Waals surface area contributed by atoms with Crippen molar-refractivity contribution < 1.29 is 12.8 Å². The molecule has 0 aliphatic rings. The number of nitrogens with zero attached hydrogens (tertiary/aromatic N) is 1. The van der Waals surface area contributed by atoms with Gasteiger partial charge in [-0.25, -0.2) is 17.9 Å². The van der Waals surface area contributed by atoms with Gasteiger partial charge in [0.15, 0.2) is 0 Å². The van der Waals surface area contributed by atoms with E-state index in [1.165, 1.54) is 18.3 Å². The number of nitrogens with two attached hydrogens (primary N) is 1. The Bertz CT molecular complexity index is 720. The van der Waals surface area contributed by atoms with Gasteiger partial charge in [-0.15, -0.1) is 0 Å². The number of hydrogen-bond acceptors (Lipinski definition) is 2. The van der Waals surface area contributed by atoms with Gasteiger partial charge in [-0.05, 0) is 37.0 Å². The number of halogens is 1. The van der Waals surface area contributed by atoms with Crippen LogP contribution in [0.25, 0.3) is 10.9 Å². The molecular weight excluding hydrogens is 279 g/mol. The molecule has 2 aromatic rings. The van der Waals surface area contributed by atoms with Crippen LogP contribution in [-0.4, -0.2) is 13.0 Å². The molecule has 0 saturated carbocycles. The van der Waals surface area contributed by atoms with Crippen LogP contribution in [0.4, 0.5) is 4.39 Å². The van der Waals surface area contributed by atoms with E-state index in [9.17, 15) is 12.8 Å². The lowest BCUT2D eigenvalue weighted by Crippen LogP contribution is -2.11. The molecule has 0 aliphatic heterocycles. The lowest BCUT2D eigenvalue weighted by atomic mass is 10.1. The van der Waals surface area contributed by atoms with Gasteiger partial charge in [0.2, 0.25) is 10.0 Å². The molecule has 0 fully saturated rings. The zero-order chi connectivity index (χ0) is 14.9. The molecule has 0 spiro atoms. The molecule has 0 bridgehead atoms. The number of benzene rings is 1. The summed E-state index contributed by atoms with van der Waals surface area (Å²) in [5.74, 6) is 0.120. The molecule has 2 rings (SSSR count). The topological polar surface area (TPSA) is 65.1 Å². The van der Waals surface area contributed by atoms with Crippen LogP contribution >= 0.6 is 0 Å². The van der Waals surface area contributed by atoms with Crippen LogP contribution in [0.1, 0.15) is 26.7 Å². The van der Waals surface area contributed by atoms with Crippen molar-refractivity contribution in [3.63, 3.8) is 0 Å². The van der Waals surface area contributed by atoms with Gasteiger partial charge in [0.25, 0.3) is 0 Å². The third-order valence-electron chi connectivity index (χ3n) is 3.29. The molecule has 1 heterocycles. The van der Waals surface area contributed by atoms with E-state index in [-0.39, 0.29) is 4.90 Å². The lowest BCUT2D eigenvalue weighted by Gasteiger charge is -2.07. The molecule has 0 radical (unpaired) electrons. The summed E-state index contributed by atoms with van der Waals surface area (Å²) in [5, 5.41) is 5.54. The predicted molar refractivity (Wildman–Crippen MR) is 77.3 cm³/mol. The van der Waals surface area contributed by atoms with Gasteiger partial charge < -0.3 is 4.57 Å². The molecule has 110 valence electrons. The van der Waals surface area contributed by atoms with Crippen LogP contribution in [0.15, 0.2) is 29.3 Å². The van der Waals surface area contributed by atoms with Crippen LogP contribution in [0.5, 0.6) is 0 Å². The van der Waals surface area contributed by atoms with Crippen molar-refractivity contribution in [2.24, 2.45) is 11.1 Å². The number of hydrogen-bond donors (Lipinski definition) is 1.